The first-order chi connectivity index (χ1) is 9.47. The Labute approximate surface area is 123 Å². The SMILES string of the molecule is CC(C)(C)C[C@H](c1ccccc1)S(=O)c1ccccn1. The Hall–Kier alpha value is -1.48. The molecule has 2 rings (SSSR count). The van der Waals surface area contributed by atoms with Gasteiger partial charge in [0.15, 0.2) is 0 Å². The molecule has 0 aliphatic carbocycles. The summed E-state index contributed by atoms with van der Waals surface area (Å²) in [5.74, 6) is 0. The third-order valence-corrected chi connectivity index (χ3v) is 4.68. The van der Waals surface area contributed by atoms with Gasteiger partial charge in [0.05, 0.1) is 16.0 Å². The van der Waals surface area contributed by atoms with Crippen LogP contribution in [0.5, 0.6) is 0 Å². The largest absolute Gasteiger partial charge is 0.252 e. The fourth-order valence-electron chi connectivity index (χ4n) is 2.15. The van der Waals surface area contributed by atoms with Crippen molar-refractivity contribution in [3.05, 3.63) is 60.3 Å². The summed E-state index contributed by atoms with van der Waals surface area (Å²) < 4.78 is 12.9. The van der Waals surface area contributed by atoms with E-state index in [-0.39, 0.29) is 10.7 Å². The lowest BCUT2D eigenvalue weighted by Crippen LogP contribution is -2.16. The van der Waals surface area contributed by atoms with E-state index in [1.807, 2.05) is 36.4 Å². The van der Waals surface area contributed by atoms with Gasteiger partial charge >= 0.3 is 0 Å². The Kier molecular flexibility index (Phi) is 4.71. The molecule has 0 amide bonds. The van der Waals surface area contributed by atoms with Gasteiger partial charge in [-0.05, 0) is 29.5 Å². The standard InChI is InChI=1S/C17H21NOS/c1-17(2,3)13-15(14-9-5-4-6-10-14)20(19)16-11-7-8-12-18-16/h4-12,15H,13H2,1-3H3/t15-,20?/m1/s1. The van der Waals surface area contributed by atoms with Crippen LogP contribution in [0.2, 0.25) is 0 Å². The second-order valence-electron chi connectivity index (χ2n) is 6.13. The third-order valence-electron chi connectivity index (χ3n) is 3.07. The van der Waals surface area contributed by atoms with Gasteiger partial charge < -0.3 is 0 Å². The monoisotopic (exact) mass is 287 g/mol. The molecule has 1 aromatic carbocycles. The van der Waals surface area contributed by atoms with E-state index in [1.165, 1.54) is 0 Å². The van der Waals surface area contributed by atoms with Crippen LogP contribution in [-0.4, -0.2) is 9.19 Å². The molecule has 0 bridgehead atoms. The minimum atomic E-state index is -1.13. The zero-order chi connectivity index (χ0) is 14.6. The van der Waals surface area contributed by atoms with Crippen molar-refractivity contribution in [2.45, 2.75) is 37.5 Å². The maximum atomic E-state index is 12.9. The van der Waals surface area contributed by atoms with E-state index in [9.17, 15) is 4.21 Å². The van der Waals surface area contributed by atoms with Crippen LogP contribution in [0, 0.1) is 5.41 Å². The minimum Gasteiger partial charge on any atom is -0.252 e. The summed E-state index contributed by atoms with van der Waals surface area (Å²) in [5, 5.41) is 0.636. The van der Waals surface area contributed by atoms with Crippen molar-refractivity contribution in [2.75, 3.05) is 0 Å². The van der Waals surface area contributed by atoms with Crippen LogP contribution < -0.4 is 0 Å². The van der Waals surface area contributed by atoms with E-state index in [2.05, 4.69) is 37.9 Å². The molecule has 0 spiro atoms. The van der Waals surface area contributed by atoms with Crippen molar-refractivity contribution >= 4 is 10.8 Å². The molecule has 106 valence electrons. The first-order valence-corrected chi connectivity index (χ1v) is 8.05. The second kappa shape index (κ2) is 6.31. The van der Waals surface area contributed by atoms with Crippen LogP contribution in [0.4, 0.5) is 0 Å². The summed E-state index contributed by atoms with van der Waals surface area (Å²) in [7, 11) is -1.13. The number of aromatic nitrogens is 1. The first-order valence-electron chi connectivity index (χ1n) is 6.84. The molecule has 0 radical (unpaired) electrons. The lowest BCUT2D eigenvalue weighted by Gasteiger charge is -2.25. The lowest BCUT2D eigenvalue weighted by atomic mass is 9.88. The number of benzene rings is 1. The van der Waals surface area contributed by atoms with Crippen molar-refractivity contribution < 1.29 is 4.21 Å². The molecule has 0 saturated heterocycles. The van der Waals surface area contributed by atoms with E-state index in [1.54, 1.807) is 6.20 Å². The Morgan fingerprint density at radius 3 is 2.25 bits per heavy atom. The number of pyridine rings is 1. The average Bonchev–Trinajstić information content (AvgIpc) is 2.45. The van der Waals surface area contributed by atoms with Crippen molar-refractivity contribution in [2.24, 2.45) is 5.41 Å². The van der Waals surface area contributed by atoms with Gasteiger partial charge in [0, 0.05) is 6.20 Å². The van der Waals surface area contributed by atoms with E-state index >= 15 is 0 Å². The Morgan fingerprint density at radius 1 is 1.05 bits per heavy atom. The van der Waals surface area contributed by atoms with Crippen molar-refractivity contribution in [1.29, 1.82) is 0 Å². The highest BCUT2D eigenvalue weighted by molar-refractivity contribution is 7.85. The molecule has 2 aromatic rings. The summed E-state index contributed by atoms with van der Waals surface area (Å²) in [4.78, 5) is 4.25. The van der Waals surface area contributed by atoms with Crippen LogP contribution in [0.3, 0.4) is 0 Å². The number of nitrogens with zero attached hydrogens (tertiary/aromatic N) is 1. The highest BCUT2D eigenvalue weighted by Gasteiger charge is 2.26. The Morgan fingerprint density at radius 2 is 1.70 bits per heavy atom. The van der Waals surface area contributed by atoms with Crippen molar-refractivity contribution in [3.8, 4) is 0 Å². The molecule has 0 aliphatic heterocycles. The van der Waals surface area contributed by atoms with Gasteiger partial charge in [-0.2, -0.15) is 0 Å². The molecule has 2 atom stereocenters. The highest BCUT2D eigenvalue weighted by Crippen LogP contribution is 2.35. The Bertz CT molecular complexity index is 561. The number of hydrogen-bond acceptors (Lipinski definition) is 2. The number of hydrogen-bond donors (Lipinski definition) is 0. The normalized spacial score (nSPS) is 14.8. The van der Waals surface area contributed by atoms with Gasteiger partial charge in [0.25, 0.3) is 0 Å². The summed E-state index contributed by atoms with van der Waals surface area (Å²) in [5.41, 5.74) is 1.23. The van der Waals surface area contributed by atoms with Crippen LogP contribution in [0.1, 0.15) is 38.0 Å². The van der Waals surface area contributed by atoms with E-state index in [4.69, 9.17) is 0 Å². The van der Waals surface area contributed by atoms with Crippen molar-refractivity contribution in [3.63, 3.8) is 0 Å². The van der Waals surface area contributed by atoms with E-state index < -0.39 is 10.8 Å². The third kappa shape index (κ3) is 4.01. The number of rotatable bonds is 4. The molecule has 1 unspecified atom stereocenters. The van der Waals surface area contributed by atoms with Gasteiger partial charge in [-0.1, -0.05) is 57.2 Å². The second-order valence-corrected chi connectivity index (χ2v) is 7.71. The summed E-state index contributed by atoms with van der Waals surface area (Å²) >= 11 is 0. The van der Waals surface area contributed by atoms with Crippen LogP contribution in [0.15, 0.2) is 59.8 Å². The van der Waals surface area contributed by atoms with Crippen molar-refractivity contribution in [1.82, 2.24) is 4.98 Å². The summed E-state index contributed by atoms with van der Waals surface area (Å²) in [6.07, 6.45) is 2.56. The van der Waals surface area contributed by atoms with Gasteiger partial charge in [0.2, 0.25) is 0 Å². The average molecular weight is 287 g/mol. The van der Waals surface area contributed by atoms with E-state index in [0.29, 0.717) is 5.03 Å². The van der Waals surface area contributed by atoms with Gasteiger partial charge in [-0.3, -0.25) is 4.21 Å². The predicted molar refractivity (Wildman–Crippen MR) is 83.9 cm³/mol. The van der Waals surface area contributed by atoms with E-state index in [0.717, 1.165) is 12.0 Å². The van der Waals surface area contributed by atoms with Crippen LogP contribution in [0.25, 0.3) is 0 Å². The van der Waals surface area contributed by atoms with Gasteiger partial charge in [-0.15, -0.1) is 0 Å². The minimum absolute atomic E-state index is 0.0221. The molecule has 0 aliphatic rings. The molecule has 1 aromatic heterocycles. The molecule has 0 saturated carbocycles. The zero-order valence-electron chi connectivity index (χ0n) is 12.2. The lowest BCUT2D eigenvalue weighted by molar-refractivity contribution is 0.371. The molecule has 3 heteroatoms. The molecule has 20 heavy (non-hydrogen) atoms. The topological polar surface area (TPSA) is 30.0 Å². The fraction of sp³-hybridized carbons (Fsp3) is 0.353. The Balaban J connectivity index is 2.35. The molecule has 2 nitrogen and oxygen atoms in total. The summed E-state index contributed by atoms with van der Waals surface area (Å²) in [6.45, 7) is 6.54. The maximum absolute atomic E-state index is 12.9. The van der Waals surface area contributed by atoms with Gasteiger partial charge in [0.1, 0.15) is 5.03 Å². The zero-order valence-corrected chi connectivity index (χ0v) is 13.1. The van der Waals surface area contributed by atoms with Crippen LogP contribution in [-0.2, 0) is 10.8 Å². The quantitative estimate of drug-likeness (QED) is 0.836. The molecular formula is C17H21NOS. The first kappa shape index (κ1) is 14.9. The molecular weight excluding hydrogens is 266 g/mol. The smallest absolute Gasteiger partial charge is 0.127 e. The fourth-order valence-corrected chi connectivity index (χ4v) is 3.88. The van der Waals surface area contributed by atoms with Gasteiger partial charge in [-0.25, -0.2) is 4.98 Å². The maximum Gasteiger partial charge on any atom is 0.127 e. The molecule has 0 fully saturated rings. The summed E-state index contributed by atoms with van der Waals surface area (Å²) in [6, 6.07) is 15.7. The van der Waals surface area contributed by atoms with Crippen LogP contribution >= 0.6 is 0 Å². The highest BCUT2D eigenvalue weighted by atomic mass is 32.2. The molecule has 0 N–H and O–H groups in total. The predicted octanol–water partition coefficient (Wildman–Crippen LogP) is 4.37. The molecule has 1 heterocycles.